The number of ether oxygens (including phenoxy) is 1. The van der Waals surface area contributed by atoms with Gasteiger partial charge in [-0.1, -0.05) is 28.9 Å². The molecule has 0 saturated carbocycles. The molecule has 1 aliphatic rings. The molecule has 4 heteroatoms. The van der Waals surface area contributed by atoms with E-state index in [0.29, 0.717) is 6.10 Å². The topological polar surface area (TPSA) is 24.5 Å². The van der Waals surface area contributed by atoms with Gasteiger partial charge in [0.15, 0.2) is 0 Å². The van der Waals surface area contributed by atoms with Gasteiger partial charge in [-0.3, -0.25) is 0 Å². The van der Waals surface area contributed by atoms with E-state index in [0.717, 1.165) is 32.8 Å². The third kappa shape index (κ3) is 4.20. The Hall–Kier alpha value is -0.580. The summed E-state index contributed by atoms with van der Waals surface area (Å²) in [7, 11) is 0. The first-order valence-electron chi connectivity index (χ1n) is 7.06. The summed E-state index contributed by atoms with van der Waals surface area (Å²) in [5.41, 5.74) is 2.60. The molecule has 1 aromatic carbocycles. The van der Waals surface area contributed by atoms with E-state index < -0.39 is 0 Å². The van der Waals surface area contributed by atoms with Crippen LogP contribution in [-0.2, 0) is 11.3 Å². The number of morpholine rings is 1. The SMILES string of the molecule is CCCNCc1ccc(N2CCOC(C)C2)cc1Br. The van der Waals surface area contributed by atoms with E-state index in [9.17, 15) is 0 Å². The lowest BCUT2D eigenvalue weighted by Gasteiger charge is -2.33. The average molecular weight is 327 g/mol. The van der Waals surface area contributed by atoms with Crippen molar-refractivity contribution in [1.29, 1.82) is 0 Å². The lowest BCUT2D eigenvalue weighted by Crippen LogP contribution is -2.41. The summed E-state index contributed by atoms with van der Waals surface area (Å²) in [4.78, 5) is 2.39. The van der Waals surface area contributed by atoms with E-state index in [1.54, 1.807) is 0 Å². The highest BCUT2D eigenvalue weighted by Crippen LogP contribution is 2.25. The normalized spacial score (nSPS) is 19.7. The molecule has 106 valence electrons. The van der Waals surface area contributed by atoms with Crippen LogP contribution in [0.5, 0.6) is 0 Å². The number of nitrogens with one attached hydrogen (secondary N) is 1. The molecular formula is C15H23BrN2O. The second kappa shape index (κ2) is 7.27. The minimum absolute atomic E-state index is 0.318. The predicted octanol–water partition coefficient (Wildman–Crippen LogP) is 3.17. The molecule has 0 spiro atoms. The molecule has 19 heavy (non-hydrogen) atoms. The van der Waals surface area contributed by atoms with Gasteiger partial charge in [0.05, 0.1) is 12.7 Å². The van der Waals surface area contributed by atoms with E-state index in [4.69, 9.17) is 4.74 Å². The van der Waals surface area contributed by atoms with Gasteiger partial charge in [-0.15, -0.1) is 0 Å². The molecule has 1 N–H and O–H groups in total. The van der Waals surface area contributed by atoms with Crippen molar-refractivity contribution in [3.05, 3.63) is 28.2 Å². The van der Waals surface area contributed by atoms with Crippen molar-refractivity contribution in [3.8, 4) is 0 Å². The largest absolute Gasteiger partial charge is 0.375 e. The lowest BCUT2D eigenvalue weighted by atomic mass is 10.1. The molecule has 1 atom stereocenters. The van der Waals surface area contributed by atoms with Crippen LogP contribution in [0.4, 0.5) is 5.69 Å². The van der Waals surface area contributed by atoms with Crippen molar-refractivity contribution in [2.45, 2.75) is 32.9 Å². The van der Waals surface area contributed by atoms with Crippen molar-refractivity contribution in [2.75, 3.05) is 31.1 Å². The van der Waals surface area contributed by atoms with E-state index in [1.165, 1.54) is 22.1 Å². The van der Waals surface area contributed by atoms with Crippen molar-refractivity contribution >= 4 is 21.6 Å². The van der Waals surface area contributed by atoms with Gasteiger partial charge >= 0.3 is 0 Å². The van der Waals surface area contributed by atoms with Crippen LogP contribution in [0.15, 0.2) is 22.7 Å². The number of rotatable bonds is 5. The monoisotopic (exact) mass is 326 g/mol. The molecule has 0 aromatic heterocycles. The summed E-state index contributed by atoms with van der Waals surface area (Å²) in [6, 6.07) is 6.65. The standard InChI is InChI=1S/C15H23BrN2O/c1-3-6-17-10-13-4-5-14(9-15(13)16)18-7-8-19-12(2)11-18/h4-5,9,12,17H,3,6-8,10-11H2,1-2H3. The van der Waals surface area contributed by atoms with E-state index in [1.807, 2.05) is 0 Å². The maximum Gasteiger partial charge on any atom is 0.0722 e. The van der Waals surface area contributed by atoms with Gasteiger partial charge in [-0.05, 0) is 37.6 Å². The van der Waals surface area contributed by atoms with E-state index in [2.05, 4.69) is 58.2 Å². The molecule has 1 saturated heterocycles. The zero-order chi connectivity index (χ0) is 13.7. The van der Waals surface area contributed by atoms with Gasteiger partial charge in [-0.2, -0.15) is 0 Å². The van der Waals surface area contributed by atoms with Gasteiger partial charge in [0.25, 0.3) is 0 Å². The van der Waals surface area contributed by atoms with Crippen LogP contribution < -0.4 is 10.2 Å². The summed E-state index contributed by atoms with van der Waals surface area (Å²) in [5, 5.41) is 3.43. The Labute approximate surface area is 124 Å². The molecule has 1 heterocycles. The Morgan fingerprint density at radius 1 is 1.47 bits per heavy atom. The number of hydrogen-bond acceptors (Lipinski definition) is 3. The third-order valence-corrected chi connectivity index (χ3v) is 4.12. The highest BCUT2D eigenvalue weighted by atomic mass is 79.9. The highest BCUT2D eigenvalue weighted by molar-refractivity contribution is 9.10. The molecule has 0 aliphatic carbocycles. The van der Waals surface area contributed by atoms with Crippen LogP contribution in [0, 0.1) is 0 Å². The predicted molar refractivity (Wildman–Crippen MR) is 83.8 cm³/mol. The van der Waals surface area contributed by atoms with E-state index >= 15 is 0 Å². The Morgan fingerprint density at radius 2 is 2.32 bits per heavy atom. The van der Waals surface area contributed by atoms with Gasteiger partial charge in [-0.25, -0.2) is 0 Å². The van der Waals surface area contributed by atoms with Crippen molar-refractivity contribution in [2.24, 2.45) is 0 Å². The van der Waals surface area contributed by atoms with Gasteiger partial charge < -0.3 is 15.0 Å². The molecule has 0 bridgehead atoms. The molecule has 0 amide bonds. The fourth-order valence-corrected chi connectivity index (χ4v) is 2.84. The summed E-state index contributed by atoms with van der Waals surface area (Å²) in [5.74, 6) is 0. The summed E-state index contributed by atoms with van der Waals surface area (Å²) in [6.45, 7) is 9.07. The van der Waals surface area contributed by atoms with Crippen LogP contribution >= 0.6 is 15.9 Å². The number of halogens is 1. The minimum Gasteiger partial charge on any atom is -0.375 e. The van der Waals surface area contributed by atoms with E-state index in [-0.39, 0.29) is 0 Å². The Balaban J connectivity index is 2.01. The molecular weight excluding hydrogens is 304 g/mol. The van der Waals surface area contributed by atoms with Crippen LogP contribution in [-0.4, -0.2) is 32.3 Å². The molecule has 3 nitrogen and oxygen atoms in total. The highest BCUT2D eigenvalue weighted by Gasteiger charge is 2.17. The summed E-state index contributed by atoms with van der Waals surface area (Å²) < 4.78 is 6.77. The Bertz CT molecular complexity index is 411. The molecule has 1 unspecified atom stereocenters. The minimum atomic E-state index is 0.318. The zero-order valence-corrected chi connectivity index (χ0v) is 13.4. The Morgan fingerprint density at radius 3 is 3.00 bits per heavy atom. The molecule has 1 aromatic rings. The molecule has 1 aliphatic heterocycles. The fraction of sp³-hybridized carbons (Fsp3) is 0.600. The second-order valence-electron chi connectivity index (χ2n) is 5.08. The van der Waals surface area contributed by atoms with Crippen LogP contribution in [0.2, 0.25) is 0 Å². The third-order valence-electron chi connectivity index (χ3n) is 3.39. The maximum absolute atomic E-state index is 5.59. The summed E-state index contributed by atoms with van der Waals surface area (Å²) >= 11 is 3.68. The smallest absolute Gasteiger partial charge is 0.0722 e. The fourth-order valence-electron chi connectivity index (χ4n) is 2.33. The Kier molecular flexibility index (Phi) is 5.67. The first kappa shape index (κ1) is 14.8. The maximum atomic E-state index is 5.59. The first-order valence-corrected chi connectivity index (χ1v) is 7.85. The second-order valence-corrected chi connectivity index (χ2v) is 5.93. The van der Waals surface area contributed by atoms with Crippen molar-refractivity contribution in [1.82, 2.24) is 5.32 Å². The molecule has 1 fully saturated rings. The van der Waals surface area contributed by atoms with Crippen molar-refractivity contribution < 1.29 is 4.74 Å². The number of anilines is 1. The van der Waals surface area contributed by atoms with Crippen LogP contribution in [0.3, 0.4) is 0 Å². The van der Waals surface area contributed by atoms with Gasteiger partial charge in [0, 0.05) is 29.8 Å². The van der Waals surface area contributed by atoms with Crippen molar-refractivity contribution in [3.63, 3.8) is 0 Å². The zero-order valence-electron chi connectivity index (χ0n) is 11.8. The average Bonchev–Trinajstić information content (AvgIpc) is 2.41. The van der Waals surface area contributed by atoms with Crippen LogP contribution in [0.25, 0.3) is 0 Å². The lowest BCUT2D eigenvalue weighted by molar-refractivity contribution is 0.0532. The number of benzene rings is 1. The van der Waals surface area contributed by atoms with Gasteiger partial charge in [0.1, 0.15) is 0 Å². The van der Waals surface area contributed by atoms with Gasteiger partial charge in [0.2, 0.25) is 0 Å². The van der Waals surface area contributed by atoms with Crippen LogP contribution in [0.1, 0.15) is 25.8 Å². The molecule has 0 radical (unpaired) electrons. The number of hydrogen-bond donors (Lipinski definition) is 1. The summed E-state index contributed by atoms with van der Waals surface area (Å²) in [6.07, 6.45) is 1.49. The molecule has 2 rings (SSSR count). The first-order chi connectivity index (χ1) is 9.20. The quantitative estimate of drug-likeness (QED) is 0.841. The number of nitrogens with zero attached hydrogens (tertiary/aromatic N) is 1.